The van der Waals surface area contributed by atoms with Gasteiger partial charge in [-0.2, -0.15) is 0 Å². The first-order chi connectivity index (χ1) is 13.8. The van der Waals surface area contributed by atoms with Gasteiger partial charge >= 0.3 is 0 Å². The molecule has 3 aromatic rings. The van der Waals surface area contributed by atoms with Crippen LogP contribution >= 0.6 is 11.6 Å². The van der Waals surface area contributed by atoms with Gasteiger partial charge in [0.2, 0.25) is 0 Å². The van der Waals surface area contributed by atoms with E-state index in [-0.39, 0.29) is 23.0 Å². The zero-order chi connectivity index (χ0) is 20.3. The maximum atomic E-state index is 13.3. The molecule has 0 spiro atoms. The molecule has 0 amide bonds. The molecule has 0 radical (unpaired) electrons. The van der Waals surface area contributed by atoms with Crippen LogP contribution in [0.15, 0.2) is 60.2 Å². The van der Waals surface area contributed by atoms with Crippen molar-refractivity contribution in [1.82, 2.24) is 0 Å². The molecule has 2 aliphatic rings. The molecule has 0 fully saturated rings. The van der Waals surface area contributed by atoms with Gasteiger partial charge in [-0.05, 0) is 51.9 Å². The molecule has 0 aromatic heterocycles. The molecule has 1 aliphatic heterocycles. The number of ketones is 1. The highest BCUT2D eigenvalue weighted by Gasteiger charge is 2.40. The molecular weight excluding hydrogens is 382 g/mol. The first-order valence-electron chi connectivity index (χ1n) is 9.87. The van der Waals surface area contributed by atoms with Crippen molar-refractivity contribution in [3.05, 3.63) is 76.3 Å². The lowest BCUT2D eigenvalue weighted by Gasteiger charge is -2.40. The lowest BCUT2D eigenvalue weighted by Crippen LogP contribution is -2.33. The lowest BCUT2D eigenvalue weighted by molar-refractivity contribution is -0.118. The van der Waals surface area contributed by atoms with Gasteiger partial charge in [-0.1, -0.05) is 61.8 Å². The van der Waals surface area contributed by atoms with E-state index in [4.69, 9.17) is 11.6 Å². The van der Waals surface area contributed by atoms with E-state index >= 15 is 0 Å². The number of aromatic hydroxyl groups is 1. The molecule has 4 heteroatoms. The summed E-state index contributed by atoms with van der Waals surface area (Å²) in [5.41, 5.74) is 4.84. The van der Waals surface area contributed by atoms with Crippen molar-refractivity contribution < 1.29 is 9.90 Å². The molecule has 1 heterocycles. The van der Waals surface area contributed by atoms with Crippen LogP contribution in [0.4, 0.5) is 5.69 Å². The fourth-order valence-electron chi connectivity index (χ4n) is 4.80. The SMILES string of the molecule is CC1(C)CC(=O)C2=C(C1)c1c(ccc3ccccc13)N[C@@H]2c1ccc(Cl)c(O)c1. The van der Waals surface area contributed by atoms with E-state index in [1.165, 1.54) is 5.39 Å². The summed E-state index contributed by atoms with van der Waals surface area (Å²) in [5, 5.41) is 16.4. The van der Waals surface area contributed by atoms with Crippen molar-refractivity contribution in [3.8, 4) is 5.75 Å². The number of phenols is 1. The highest BCUT2D eigenvalue weighted by molar-refractivity contribution is 6.32. The Labute approximate surface area is 175 Å². The van der Waals surface area contributed by atoms with E-state index in [0.717, 1.165) is 39.8 Å². The average Bonchev–Trinajstić information content (AvgIpc) is 2.68. The third-order valence-corrected chi connectivity index (χ3v) is 6.36. The molecule has 0 unspecified atom stereocenters. The third-order valence-electron chi connectivity index (χ3n) is 6.04. The van der Waals surface area contributed by atoms with Crippen molar-refractivity contribution in [2.24, 2.45) is 5.41 Å². The predicted molar refractivity (Wildman–Crippen MR) is 118 cm³/mol. The lowest BCUT2D eigenvalue weighted by atomic mass is 9.68. The molecule has 0 bridgehead atoms. The third kappa shape index (κ3) is 2.92. The zero-order valence-corrected chi connectivity index (χ0v) is 17.2. The number of carbonyl (C=O) groups is 1. The number of hydrogen-bond donors (Lipinski definition) is 2. The second kappa shape index (κ2) is 6.36. The van der Waals surface area contributed by atoms with Crippen LogP contribution in [0.25, 0.3) is 16.3 Å². The van der Waals surface area contributed by atoms with Crippen LogP contribution in [-0.4, -0.2) is 10.9 Å². The minimum absolute atomic E-state index is 0.0287. The molecule has 1 atom stereocenters. The molecule has 1 aliphatic carbocycles. The first-order valence-corrected chi connectivity index (χ1v) is 10.3. The quantitative estimate of drug-likeness (QED) is 0.487. The molecule has 3 aromatic carbocycles. The molecule has 5 rings (SSSR count). The first kappa shape index (κ1) is 18.3. The molecule has 0 saturated carbocycles. The Bertz CT molecular complexity index is 1210. The summed E-state index contributed by atoms with van der Waals surface area (Å²) in [5.74, 6) is 0.197. The van der Waals surface area contributed by atoms with E-state index in [0.29, 0.717) is 11.4 Å². The Balaban J connectivity index is 1.80. The van der Waals surface area contributed by atoms with Crippen molar-refractivity contribution in [2.75, 3.05) is 5.32 Å². The van der Waals surface area contributed by atoms with E-state index in [1.54, 1.807) is 12.1 Å². The summed E-state index contributed by atoms with van der Waals surface area (Å²) in [6, 6.07) is 17.4. The number of rotatable bonds is 1. The normalized spacial score (nSPS) is 20.2. The van der Waals surface area contributed by atoms with Crippen molar-refractivity contribution >= 4 is 39.4 Å². The second-order valence-electron chi connectivity index (χ2n) is 8.83. The summed E-state index contributed by atoms with van der Waals surface area (Å²) in [6.45, 7) is 4.31. The Kier molecular flexibility index (Phi) is 4.01. The summed E-state index contributed by atoms with van der Waals surface area (Å²) in [7, 11) is 0. The molecular formula is C25H22ClNO2. The van der Waals surface area contributed by atoms with Gasteiger partial charge in [-0.15, -0.1) is 0 Å². The maximum absolute atomic E-state index is 13.3. The fraction of sp³-hybridized carbons (Fsp3) is 0.240. The molecule has 29 heavy (non-hydrogen) atoms. The van der Waals surface area contributed by atoms with Gasteiger partial charge in [0.1, 0.15) is 5.75 Å². The van der Waals surface area contributed by atoms with Crippen molar-refractivity contribution in [3.63, 3.8) is 0 Å². The molecule has 146 valence electrons. The predicted octanol–water partition coefficient (Wildman–Crippen LogP) is 6.51. The van der Waals surface area contributed by atoms with Crippen molar-refractivity contribution in [2.45, 2.75) is 32.7 Å². The number of benzene rings is 3. The minimum Gasteiger partial charge on any atom is -0.506 e. The van der Waals surface area contributed by atoms with E-state index in [2.05, 4.69) is 43.4 Å². The monoisotopic (exact) mass is 403 g/mol. The standard InChI is InChI=1S/C25H22ClNO2/c1-25(2)12-17-22-16-6-4-3-5-14(16)8-10-19(22)27-24(23(17)21(29)13-25)15-7-9-18(26)20(28)11-15/h3-11,24,27-28H,12-13H2,1-2H3/t24-/m1/s1. The Morgan fingerprint density at radius 1 is 1.07 bits per heavy atom. The maximum Gasteiger partial charge on any atom is 0.162 e. The van der Waals surface area contributed by atoms with Gasteiger partial charge in [-0.25, -0.2) is 0 Å². The number of anilines is 1. The smallest absolute Gasteiger partial charge is 0.162 e. The van der Waals surface area contributed by atoms with Crippen LogP contribution in [-0.2, 0) is 4.79 Å². The number of halogens is 1. The van der Waals surface area contributed by atoms with Crippen LogP contribution in [0.1, 0.15) is 43.9 Å². The number of phenolic OH excluding ortho intramolecular Hbond substituents is 1. The van der Waals surface area contributed by atoms with E-state index < -0.39 is 0 Å². The number of hydrogen-bond acceptors (Lipinski definition) is 3. The summed E-state index contributed by atoms with van der Waals surface area (Å²) < 4.78 is 0. The van der Waals surface area contributed by atoms with E-state index in [9.17, 15) is 9.90 Å². The molecule has 3 nitrogen and oxygen atoms in total. The van der Waals surface area contributed by atoms with Gasteiger partial charge in [-0.3, -0.25) is 4.79 Å². The summed E-state index contributed by atoms with van der Waals surface area (Å²) >= 11 is 6.02. The second-order valence-corrected chi connectivity index (χ2v) is 9.24. The van der Waals surface area contributed by atoms with Crippen LogP contribution in [0.5, 0.6) is 5.75 Å². The number of carbonyl (C=O) groups excluding carboxylic acids is 1. The number of fused-ring (bicyclic) bond motifs is 4. The van der Waals surface area contributed by atoms with Gasteiger partial charge < -0.3 is 10.4 Å². The largest absolute Gasteiger partial charge is 0.506 e. The highest BCUT2D eigenvalue weighted by atomic mass is 35.5. The Hall–Kier alpha value is -2.78. The number of nitrogens with one attached hydrogen (secondary N) is 1. The van der Waals surface area contributed by atoms with Gasteiger partial charge in [0.15, 0.2) is 5.78 Å². The average molecular weight is 404 g/mol. The molecule has 0 saturated heterocycles. The summed E-state index contributed by atoms with van der Waals surface area (Å²) in [6.07, 6.45) is 1.36. The molecule has 2 N–H and O–H groups in total. The van der Waals surface area contributed by atoms with Crippen LogP contribution in [0, 0.1) is 5.41 Å². The van der Waals surface area contributed by atoms with Crippen LogP contribution < -0.4 is 5.32 Å². The highest BCUT2D eigenvalue weighted by Crippen LogP contribution is 2.52. The Morgan fingerprint density at radius 3 is 2.66 bits per heavy atom. The van der Waals surface area contributed by atoms with Crippen molar-refractivity contribution in [1.29, 1.82) is 0 Å². The zero-order valence-electron chi connectivity index (χ0n) is 16.4. The van der Waals surface area contributed by atoms with Gasteiger partial charge in [0.25, 0.3) is 0 Å². The topological polar surface area (TPSA) is 49.3 Å². The van der Waals surface area contributed by atoms with Crippen LogP contribution in [0.3, 0.4) is 0 Å². The van der Waals surface area contributed by atoms with Gasteiger partial charge in [0, 0.05) is 23.2 Å². The van der Waals surface area contributed by atoms with E-state index in [1.807, 2.05) is 18.2 Å². The van der Waals surface area contributed by atoms with Crippen LogP contribution in [0.2, 0.25) is 5.02 Å². The van der Waals surface area contributed by atoms with Gasteiger partial charge in [0.05, 0.1) is 11.1 Å². The number of allylic oxidation sites excluding steroid dienone is 1. The minimum atomic E-state index is -0.301. The summed E-state index contributed by atoms with van der Waals surface area (Å²) in [4.78, 5) is 13.3. The Morgan fingerprint density at radius 2 is 1.86 bits per heavy atom. The number of Topliss-reactive ketones (excluding diaryl/α,β-unsaturated/α-hetero) is 1. The fourth-order valence-corrected chi connectivity index (χ4v) is 4.91.